The lowest BCUT2D eigenvalue weighted by atomic mass is 9.91. The molecule has 2 aromatic carbocycles. The fourth-order valence-electron chi connectivity index (χ4n) is 9.08. The Kier molecular flexibility index (Phi) is 18.2. The fourth-order valence-corrected chi connectivity index (χ4v) is 9.20. The lowest BCUT2D eigenvalue weighted by Gasteiger charge is -2.38. The first kappa shape index (κ1) is 50.3. The Morgan fingerprint density at radius 3 is 2.25 bits per heavy atom. The van der Waals surface area contributed by atoms with Gasteiger partial charge in [0.1, 0.15) is 18.2 Å². The van der Waals surface area contributed by atoms with Crippen LogP contribution < -0.4 is 20.9 Å². The van der Waals surface area contributed by atoms with E-state index in [4.69, 9.17) is 30.5 Å². The highest BCUT2D eigenvalue weighted by molar-refractivity contribution is 6.30. The summed E-state index contributed by atoms with van der Waals surface area (Å²) in [5.74, 6) is -1.56. The lowest BCUT2D eigenvalue weighted by molar-refractivity contribution is -0.136. The molecule has 4 aliphatic rings. The maximum atomic E-state index is 14.0. The number of nitrogens with zero attached hydrogens (tertiary/aromatic N) is 5. The average molecular weight is 962 g/mol. The van der Waals surface area contributed by atoms with Gasteiger partial charge < -0.3 is 44.5 Å². The first-order valence-electron chi connectivity index (χ1n) is 23.5. The van der Waals surface area contributed by atoms with Crippen LogP contribution in [0, 0.1) is 0 Å². The number of amides is 6. The number of piperazine rings is 1. The van der Waals surface area contributed by atoms with Crippen LogP contribution in [0.4, 0.5) is 11.5 Å². The molecule has 4 atom stereocenters. The highest BCUT2D eigenvalue weighted by atomic mass is 35.5. The maximum Gasteiger partial charge on any atom is 0.264 e. The van der Waals surface area contributed by atoms with Gasteiger partial charge >= 0.3 is 0 Å². The van der Waals surface area contributed by atoms with E-state index in [1.165, 1.54) is 6.33 Å². The van der Waals surface area contributed by atoms with Crippen molar-refractivity contribution in [1.29, 1.82) is 0 Å². The van der Waals surface area contributed by atoms with Gasteiger partial charge in [-0.1, -0.05) is 43.1 Å². The third kappa shape index (κ3) is 12.7. The number of halogens is 1. The highest BCUT2D eigenvalue weighted by Gasteiger charge is 2.45. The van der Waals surface area contributed by atoms with Gasteiger partial charge in [-0.05, 0) is 61.4 Å². The summed E-state index contributed by atoms with van der Waals surface area (Å²) in [7, 11) is 0. The Balaban J connectivity index is 0.691. The highest BCUT2D eigenvalue weighted by Crippen LogP contribution is 2.43. The quantitative estimate of drug-likeness (QED) is 0.0705. The molecule has 7 rings (SSSR count). The smallest absolute Gasteiger partial charge is 0.264 e. The summed E-state index contributed by atoms with van der Waals surface area (Å²) in [6.07, 6.45) is 4.05. The van der Waals surface area contributed by atoms with Gasteiger partial charge in [0.25, 0.3) is 11.8 Å². The van der Waals surface area contributed by atoms with Crippen molar-refractivity contribution in [2.24, 2.45) is 0 Å². The van der Waals surface area contributed by atoms with Crippen molar-refractivity contribution < 1.29 is 52.8 Å². The van der Waals surface area contributed by atoms with Gasteiger partial charge in [-0.25, -0.2) is 9.97 Å². The molecule has 0 bridgehead atoms. The van der Waals surface area contributed by atoms with E-state index in [9.17, 15) is 33.9 Å². The van der Waals surface area contributed by atoms with Gasteiger partial charge in [-0.2, -0.15) is 0 Å². The number of benzene rings is 2. The normalized spacial score (nSPS) is 19.5. The van der Waals surface area contributed by atoms with Crippen LogP contribution in [0.15, 0.2) is 48.8 Å². The molecule has 3 aliphatic heterocycles. The summed E-state index contributed by atoms with van der Waals surface area (Å²) in [6.45, 7) is 8.03. The summed E-state index contributed by atoms with van der Waals surface area (Å²) >= 11 is 6.19. The Bertz CT molecular complexity index is 2260. The number of aliphatic hydroxyl groups is 1. The molecule has 366 valence electrons. The first-order chi connectivity index (χ1) is 33.0. The van der Waals surface area contributed by atoms with Crippen molar-refractivity contribution in [2.75, 3.05) is 102 Å². The number of ether oxygens (including phenoxy) is 4. The molecule has 4 heterocycles. The number of piperidine rings is 1. The minimum atomic E-state index is -1.03. The fraction of sp³-hybridized carbons (Fsp3) is 0.542. The van der Waals surface area contributed by atoms with Crippen LogP contribution >= 0.6 is 11.6 Å². The van der Waals surface area contributed by atoms with Crippen LogP contribution in [0.5, 0.6) is 0 Å². The second kappa shape index (κ2) is 24.6. The lowest BCUT2D eigenvalue weighted by Crippen LogP contribution is -2.54. The summed E-state index contributed by atoms with van der Waals surface area (Å²) in [4.78, 5) is 90.6. The molecule has 0 saturated carbocycles. The standard InChI is InChI=1S/C48H61ClN8O11/c1-31-29-38(58)43-41(31)44(53-30-52-43)55-17-19-56(20-18-55)46(62)34(32-8-10-33(49)11-9-32)5-2-3-15-51-39(59)14-21-65-23-25-67-27-28-68-26-24-66-22-16-50-36-7-4-6-35-42(36)48(64)57(47(35)63)37-12-13-40(60)54-45(37)61/h4,6-11,30-31,34,37-38,50,58H,2-3,5,12-29H2,1H3,(H,51,59)(H,54,60,61)/t31-,34-,37?,38-/m1/s1. The minimum Gasteiger partial charge on any atom is -0.387 e. The van der Waals surface area contributed by atoms with E-state index >= 15 is 0 Å². The van der Waals surface area contributed by atoms with Gasteiger partial charge in [-0.15, -0.1) is 0 Å². The van der Waals surface area contributed by atoms with Crippen molar-refractivity contribution in [2.45, 2.75) is 75.9 Å². The number of carbonyl (C=O) groups is 6. The third-order valence-corrected chi connectivity index (χ3v) is 12.9. The molecule has 0 radical (unpaired) electrons. The number of unbranched alkanes of at least 4 members (excludes halogenated alkanes) is 1. The molecule has 4 N–H and O–H groups in total. The molecule has 2 fully saturated rings. The number of hydrogen-bond donors (Lipinski definition) is 4. The predicted octanol–water partition coefficient (Wildman–Crippen LogP) is 3.36. The number of hydrogen-bond acceptors (Lipinski definition) is 15. The molecule has 6 amide bonds. The van der Waals surface area contributed by atoms with Crippen LogP contribution in [-0.4, -0.2) is 158 Å². The van der Waals surface area contributed by atoms with Crippen LogP contribution in [-0.2, 0) is 38.1 Å². The second-order valence-electron chi connectivity index (χ2n) is 17.2. The zero-order chi connectivity index (χ0) is 48.0. The Hall–Kier alpha value is -5.57. The monoisotopic (exact) mass is 960 g/mol. The third-order valence-electron chi connectivity index (χ3n) is 12.6. The minimum absolute atomic E-state index is 0.0524. The van der Waals surface area contributed by atoms with Crippen molar-refractivity contribution in [3.63, 3.8) is 0 Å². The molecular formula is C48H61ClN8O11. The van der Waals surface area contributed by atoms with Crippen molar-refractivity contribution in [1.82, 2.24) is 30.4 Å². The van der Waals surface area contributed by atoms with Crippen LogP contribution in [0.1, 0.15) is 107 Å². The number of imide groups is 2. The molecule has 3 aromatic rings. The Morgan fingerprint density at radius 2 is 1.54 bits per heavy atom. The van der Waals surface area contributed by atoms with E-state index in [2.05, 4.69) is 37.7 Å². The summed E-state index contributed by atoms with van der Waals surface area (Å²) in [5.41, 5.74) is 3.50. The molecule has 1 aromatic heterocycles. The molecule has 19 nitrogen and oxygen atoms in total. The molecule has 20 heteroatoms. The number of anilines is 2. The topological polar surface area (TPSA) is 231 Å². The van der Waals surface area contributed by atoms with Crippen LogP contribution in [0.3, 0.4) is 0 Å². The zero-order valence-corrected chi connectivity index (χ0v) is 39.2. The van der Waals surface area contributed by atoms with E-state index < -0.39 is 35.8 Å². The van der Waals surface area contributed by atoms with E-state index in [1.54, 1.807) is 18.2 Å². The van der Waals surface area contributed by atoms with Crippen LogP contribution in [0.25, 0.3) is 0 Å². The predicted molar refractivity (Wildman–Crippen MR) is 249 cm³/mol. The number of aliphatic hydroxyl groups excluding tert-OH is 1. The van der Waals surface area contributed by atoms with E-state index in [1.807, 2.05) is 29.2 Å². The van der Waals surface area contributed by atoms with E-state index in [-0.39, 0.29) is 60.6 Å². The van der Waals surface area contributed by atoms with Crippen molar-refractivity contribution >= 4 is 58.5 Å². The number of carbonyl (C=O) groups excluding carboxylic acids is 6. The largest absolute Gasteiger partial charge is 0.387 e. The van der Waals surface area contributed by atoms with Gasteiger partial charge in [-0.3, -0.25) is 39.0 Å². The molecule has 2 saturated heterocycles. The van der Waals surface area contributed by atoms with Crippen molar-refractivity contribution in [3.05, 3.63) is 81.8 Å². The maximum absolute atomic E-state index is 14.0. The Morgan fingerprint density at radius 1 is 0.853 bits per heavy atom. The number of aromatic nitrogens is 2. The van der Waals surface area contributed by atoms with Gasteiger partial charge in [0, 0.05) is 68.4 Å². The Labute approximate surface area is 400 Å². The molecule has 0 spiro atoms. The summed E-state index contributed by atoms with van der Waals surface area (Å²) in [6, 6.07) is 11.3. The van der Waals surface area contributed by atoms with Crippen molar-refractivity contribution in [3.8, 4) is 0 Å². The first-order valence-corrected chi connectivity index (χ1v) is 23.9. The average Bonchev–Trinajstić information content (AvgIpc) is 3.78. The molecule has 1 unspecified atom stereocenters. The number of nitrogens with one attached hydrogen (secondary N) is 3. The summed E-state index contributed by atoms with van der Waals surface area (Å²) < 4.78 is 22.3. The number of fused-ring (bicyclic) bond motifs is 2. The van der Waals surface area contributed by atoms with Crippen LogP contribution in [0.2, 0.25) is 5.02 Å². The zero-order valence-electron chi connectivity index (χ0n) is 38.4. The van der Waals surface area contributed by atoms with Gasteiger partial charge in [0.05, 0.1) is 81.7 Å². The van der Waals surface area contributed by atoms with Gasteiger partial charge in [0.2, 0.25) is 23.6 Å². The SMILES string of the molecule is C[C@@H]1C[C@@H](O)c2ncnc(N3CCN(C(=O)[C@H](CCCCNC(=O)CCOCCOCCOCCOCCNc4cccc5c4C(=O)N(C4CCC(=O)NC4=O)C5=O)c4ccc(Cl)cc4)CC3)c21. The second-order valence-corrected chi connectivity index (χ2v) is 17.6. The molecule has 1 aliphatic carbocycles. The number of rotatable bonds is 25. The molecule has 68 heavy (non-hydrogen) atoms. The molecular weight excluding hydrogens is 900 g/mol. The van der Waals surface area contributed by atoms with E-state index in [0.717, 1.165) is 34.7 Å². The van der Waals surface area contributed by atoms with Gasteiger partial charge in [0.15, 0.2) is 0 Å². The summed E-state index contributed by atoms with van der Waals surface area (Å²) in [5, 5.41) is 19.3. The van der Waals surface area contributed by atoms with E-state index in [0.29, 0.717) is 115 Å².